The molecule has 0 radical (unpaired) electrons. The molecule has 1 aromatic carbocycles. The van der Waals surface area contributed by atoms with Crippen LogP contribution in [0.3, 0.4) is 0 Å². The maximum atomic E-state index is 12.6. The molecule has 5 nitrogen and oxygen atoms in total. The number of carbonyl (C=O) groups excluding carboxylic acids is 1. The molecule has 114 valence electrons. The summed E-state index contributed by atoms with van der Waals surface area (Å²) in [6.07, 6.45) is -3.23. The quantitative estimate of drug-likeness (QED) is 0.748. The van der Waals surface area contributed by atoms with Gasteiger partial charge in [-0.1, -0.05) is 6.08 Å². The molecule has 3 N–H and O–H groups in total. The van der Waals surface area contributed by atoms with Gasteiger partial charge in [-0.25, -0.2) is 9.59 Å². The summed E-state index contributed by atoms with van der Waals surface area (Å²) in [5, 5.41) is 13.4. The van der Waals surface area contributed by atoms with E-state index >= 15 is 0 Å². The van der Waals surface area contributed by atoms with E-state index in [1.807, 2.05) is 0 Å². The lowest BCUT2D eigenvalue weighted by molar-refractivity contribution is -0.137. The first-order chi connectivity index (χ1) is 9.65. The number of amides is 2. The van der Waals surface area contributed by atoms with Crippen molar-refractivity contribution in [2.45, 2.75) is 19.1 Å². The SMILES string of the molecule is C=CC(C)NC(=O)Nc1cc(C(F)(F)F)ccc1C(=O)O. The van der Waals surface area contributed by atoms with Gasteiger partial charge in [0.25, 0.3) is 0 Å². The second-order valence-electron chi connectivity index (χ2n) is 4.19. The summed E-state index contributed by atoms with van der Waals surface area (Å²) in [5.41, 5.74) is -1.94. The molecule has 1 atom stereocenters. The van der Waals surface area contributed by atoms with Crippen molar-refractivity contribution in [3.8, 4) is 0 Å². The maximum Gasteiger partial charge on any atom is 0.416 e. The Labute approximate surface area is 118 Å². The Morgan fingerprint density at radius 2 is 2.00 bits per heavy atom. The second-order valence-corrected chi connectivity index (χ2v) is 4.19. The number of carbonyl (C=O) groups is 2. The lowest BCUT2D eigenvalue weighted by atomic mass is 10.1. The number of rotatable bonds is 4. The molecule has 1 aromatic rings. The van der Waals surface area contributed by atoms with Crippen molar-refractivity contribution < 1.29 is 27.9 Å². The van der Waals surface area contributed by atoms with Gasteiger partial charge in [-0.05, 0) is 25.1 Å². The van der Waals surface area contributed by atoms with E-state index in [1.165, 1.54) is 6.08 Å². The van der Waals surface area contributed by atoms with Crippen LogP contribution in [0, 0.1) is 0 Å². The fourth-order valence-corrected chi connectivity index (χ4v) is 1.43. The molecule has 0 saturated heterocycles. The molecule has 1 unspecified atom stereocenters. The van der Waals surface area contributed by atoms with Crippen LogP contribution in [0.4, 0.5) is 23.7 Å². The van der Waals surface area contributed by atoms with Crippen molar-refractivity contribution in [1.82, 2.24) is 5.32 Å². The summed E-state index contributed by atoms with van der Waals surface area (Å²) in [6.45, 7) is 5.02. The third-order valence-corrected chi connectivity index (χ3v) is 2.54. The molecular weight excluding hydrogens is 289 g/mol. The molecule has 0 aliphatic heterocycles. The Bertz CT molecular complexity index is 570. The average Bonchev–Trinajstić information content (AvgIpc) is 2.36. The normalized spacial score (nSPS) is 12.4. The minimum atomic E-state index is -4.64. The third-order valence-electron chi connectivity index (χ3n) is 2.54. The smallest absolute Gasteiger partial charge is 0.416 e. The van der Waals surface area contributed by atoms with E-state index in [0.29, 0.717) is 12.1 Å². The highest BCUT2D eigenvalue weighted by atomic mass is 19.4. The maximum absolute atomic E-state index is 12.6. The van der Waals surface area contributed by atoms with Crippen molar-refractivity contribution in [2.75, 3.05) is 5.32 Å². The van der Waals surface area contributed by atoms with Crippen molar-refractivity contribution in [3.63, 3.8) is 0 Å². The van der Waals surface area contributed by atoms with E-state index in [0.717, 1.165) is 6.07 Å². The van der Waals surface area contributed by atoms with Gasteiger partial charge in [0.15, 0.2) is 0 Å². The lowest BCUT2D eigenvalue weighted by Gasteiger charge is -2.14. The van der Waals surface area contributed by atoms with Crippen LogP contribution >= 0.6 is 0 Å². The predicted octanol–water partition coefficient (Wildman–Crippen LogP) is 3.10. The van der Waals surface area contributed by atoms with Crippen LogP contribution in [0.1, 0.15) is 22.8 Å². The Morgan fingerprint density at radius 1 is 1.38 bits per heavy atom. The summed E-state index contributed by atoms with van der Waals surface area (Å²) in [7, 11) is 0. The van der Waals surface area contributed by atoms with Gasteiger partial charge in [-0.2, -0.15) is 13.2 Å². The molecule has 0 bridgehead atoms. The zero-order valence-electron chi connectivity index (χ0n) is 11.0. The monoisotopic (exact) mass is 302 g/mol. The van der Waals surface area contributed by atoms with Gasteiger partial charge < -0.3 is 15.7 Å². The molecule has 8 heteroatoms. The lowest BCUT2D eigenvalue weighted by Crippen LogP contribution is -2.35. The number of hydrogen-bond acceptors (Lipinski definition) is 2. The van der Waals surface area contributed by atoms with Crippen LogP contribution in [0.5, 0.6) is 0 Å². The number of halogens is 3. The van der Waals surface area contributed by atoms with E-state index in [1.54, 1.807) is 6.92 Å². The Kier molecular flexibility index (Phi) is 4.96. The third kappa shape index (κ3) is 4.51. The van der Waals surface area contributed by atoms with Gasteiger partial charge in [0, 0.05) is 6.04 Å². The standard InChI is InChI=1S/C13H13F3N2O3/c1-3-7(2)17-12(21)18-10-6-8(13(14,15)16)4-5-9(10)11(19)20/h3-7H,1H2,2H3,(H,19,20)(H2,17,18,21). The number of urea groups is 1. The summed E-state index contributed by atoms with van der Waals surface area (Å²) in [4.78, 5) is 22.5. The molecule has 1 rings (SSSR count). The topological polar surface area (TPSA) is 78.4 Å². The second kappa shape index (κ2) is 6.29. The molecule has 0 aromatic heterocycles. The van der Waals surface area contributed by atoms with Gasteiger partial charge in [-0.15, -0.1) is 6.58 Å². The van der Waals surface area contributed by atoms with E-state index in [9.17, 15) is 22.8 Å². The largest absolute Gasteiger partial charge is 0.478 e. The van der Waals surface area contributed by atoms with Gasteiger partial charge in [0.1, 0.15) is 0 Å². The van der Waals surface area contributed by atoms with E-state index in [4.69, 9.17) is 5.11 Å². The summed E-state index contributed by atoms with van der Waals surface area (Å²) >= 11 is 0. The van der Waals surface area contributed by atoms with E-state index < -0.39 is 41.0 Å². The first kappa shape index (κ1) is 16.5. The Morgan fingerprint density at radius 3 is 2.48 bits per heavy atom. The highest BCUT2D eigenvalue weighted by Gasteiger charge is 2.31. The van der Waals surface area contributed by atoms with Crippen molar-refractivity contribution >= 4 is 17.7 Å². The number of anilines is 1. The number of nitrogens with one attached hydrogen (secondary N) is 2. The number of alkyl halides is 3. The van der Waals surface area contributed by atoms with Crippen molar-refractivity contribution in [3.05, 3.63) is 42.0 Å². The Hall–Kier alpha value is -2.51. The average molecular weight is 302 g/mol. The molecule has 2 amide bonds. The van der Waals surface area contributed by atoms with Gasteiger partial charge in [0.2, 0.25) is 0 Å². The van der Waals surface area contributed by atoms with Crippen LogP contribution in [0.25, 0.3) is 0 Å². The number of benzene rings is 1. The number of aromatic carboxylic acids is 1. The van der Waals surface area contributed by atoms with Crippen LogP contribution in [-0.2, 0) is 6.18 Å². The van der Waals surface area contributed by atoms with Crippen LogP contribution in [0.2, 0.25) is 0 Å². The molecule has 21 heavy (non-hydrogen) atoms. The van der Waals surface area contributed by atoms with Crippen LogP contribution in [0.15, 0.2) is 30.9 Å². The zero-order valence-corrected chi connectivity index (χ0v) is 11.0. The van der Waals surface area contributed by atoms with Gasteiger partial charge >= 0.3 is 18.2 Å². The first-order valence-electron chi connectivity index (χ1n) is 5.79. The highest BCUT2D eigenvalue weighted by Crippen LogP contribution is 2.32. The fourth-order valence-electron chi connectivity index (χ4n) is 1.43. The van der Waals surface area contributed by atoms with E-state index in [-0.39, 0.29) is 0 Å². The molecule has 0 aliphatic carbocycles. The predicted molar refractivity (Wildman–Crippen MR) is 70.2 cm³/mol. The molecular formula is C13H13F3N2O3. The summed E-state index contributed by atoms with van der Waals surface area (Å²) in [6, 6.07) is 0.742. The molecule has 0 fully saturated rings. The summed E-state index contributed by atoms with van der Waals surface area (Å²) in [5.74, 6) is -1.45. The van der Waals surface area contributed by atoms with Crippen LogP contribution in [-0.4, -0.2) is 23.1 Å². The molecule has 0 aliphatic rings. The minimum absolute atomic E-state index is 0.427. The Balaban J connectivity index is 3.10. The van der Waals surface area contributed by atoms with Crippen molar-refractivity contribution in [2.24, 2.45) is 0 Å². The zero-order chi connectivity index (χ0) is 16.2. The van der Waals surface area contributed by atoms with Gasteiger partial charge in [0.05, 0.1) is 16.8 Å². The number of carboxylic acid groups (broad SMARTS) is 1. The van der Waals surface area contributed by atoms with E-state index in [2.05, 4.69) is 17.2 Å². The van der Waals surface area contributed by atoms with Crippen LogP contribution < -0.4 is 10.6 Å². The minimum Gasteiger partial charge on any atom is -0.478 e. The summed E-state index contributed by atoms with van der Waals surface area (Å²) < 4.78 is 37.8. The highest BCUT2D eigenvalue weighted by molar-refractivity contribution is 6.00. The molecule has 0 spiro atoms. The fraction of sp³-hybridized carbons (Fsp3) is 0.231. The number of hydrogen-bond donors (Lipinski definition) is 3. The number of carboxylic acids is 1. The van der Waals surface area contributed by atoms with Gasteiger partial charge in [-0.3, -0.25) is 0 Å². The molecule has 0 heterocycles. The molecule has 0 saturated carbocycles. The first-order valence-corrected chi connectivity index (χ1v) is 5.79. The van der Waals surface area contributed by atoms with Crippen molar-refractivity contribution in [1.29, 1.82) is 0 Å².